The van der Waals surface area contributed by atoms with E-state index in [2.05, 4.69) is 19.9 Å². The molecule has 2 aromatic rings. The number of rotatable bonds is 2. The minimum atomic E-state index is -0.186. The highest BCUT2D eigenvalue weighted by Gasteiger charge is 2.09. The second-order valence-corrected chi connectivity index (χ2v) is 3.03. The fraction of sp³-hybridized carbons (Fsp3) is 0.375. The van der Waals surface area contributed by atoms with Gasteiger partial charge in [0, 0.05) is 6.42 Å². The Hall–Kier alpha value is -1.85. The zero-order valence-electron chi connectivity index (χ0n) is 7.78. The number of nitrogens with one attached hydrogen (secondary N) is 1. The smallest absolute Gasteiger partial charge is 0.293 e. The third-order valence-corrected chi connectivity index (χ3v) is 1.89. The Kier molecular flexibility index (Phi) is 1.95. The summed E-state index contributed by atoms with van der Waals surface area (Å²) in [6, 6.07) is -0.186. The van der Waals surface area contributed by atoms with Gasteiger partial charge in [-0.3, -0.25) is 0 Å². The van der Waals surface area contributed by atoms with Crippen LogP contribution in [0.4, 0.5) is 5.82 Å². The van der Waals surface area contributed by atoms with Gasteiger partial charge in [-0.05, 0) is 6.42 Å². The van der Waals surface area contributed by atoms with Gasteiger partial charge in [-0.2, -0.15) is 4.98 Å². The fourth-order valence-corrected chi connectivity index (χ4v) is 1.29. The van der Waals surface area contributed by atoms with Crippen molar-refractivity contribution >= 4 is 17.0 Å². The fourth-order valence-electron chi connectivity index (χ4n) is 1.29. The Labute approximate surface area is 80.2 Å². The number of H-pyrrole nitrogens is 1. The van der Waals surface area contributed by atoms with Crippen molar-refractivity contribution in [3.63, 3.8) is 0 Å². The average molecular weight is 193 g/mol. The number of hydrogen-bond acceptors (Lipinski definition) is 5. The SMILES string of the molecule is CCCc1nc(N)c2[nH]c(O)nc2n1. The third-order valence-electron chi connectivity index (χ3n) is 1.89. The molecular weight excluding hydrogens is 182 g/mol. The normalized spacial score (nSPS) is 10.9. The summed E-state index contributed by atoms with van der Waals surface area (Å²) in [4.78, 5) is 14.6. The van der Waals surface area contributed by atoms with Crippen LogP contribution in [0.25, 0.3) is 11.2 Å². The number of aryl methyl sites for hydroxylation is 1. The van der Waals surface area contributed by atoms with Gasteiger partial charge < -0.3 is 15.8 Å². The van der Waals surface area contributed by atoms with Crippen LogP contribution >= 0.6 is 0 Å². The molecule has 0 aliphatic rings. The number of nitrogen functional groups attached to an aromatic ring is 1. The van der Waals surface area contributed by atoms with Crippen molar-refractivity contribution in [3.8, 4) is 6.01 Å². The first-order chi connectivity index (χ1) is 6.70. The Morgan fingerprint density at radius 3 is 2.86 bits per heavy atom. The van der Waals surface area contributed by atoms with Crippen LogP contribution in [0.1, 0.15) is 19.2 Å². The van der Waals surface area contributed by atoms with Gasteiger partial charge in [0.05, 0.1) is 0 Å². The van der Waals surface area contributed by atoms with E-state index < -0.39 is 0 Å². The lowest BCUT2D eigenvalue weighted by atomic mass is 10.3. The van der Waals surface area contributed by atoms with Gasteiger partial charge in [0.2, 0.25) is 0 Å². The summed E-state index contributed by atoms with van der Waals surface area (Å²) in [5, 5.41) is 9.11. The Balaban J connectivity index is 2.59. The standard InChI is InChI=1S/C8H11N5O/c1-2-3-4-10-6(9)5-7(11-4)13-8(14)12-5/h2-3H2,1H3,(H4,9,10,11,12,13,14). The maximum absolute atomic E-state index is 9.11. The number of aromatic nitrogens is 4. The van der Waals surface area contributed by atoms with E-state index in [9.17, 15) is 0 Å². The van der Waals surface area contributed by atoms with Crippen molar-refractivity contribution < 1.29 is 5.11 Å². The number of nitrogens with two attached hydrogens (primary N) is 1. The molecule has 0 radical (unpaired) electrons. The number of nitrogens with zero attached hydrogens (tertiary/aromatic N) is 3. The van der Waals surface area contributed by atoms with E-state index >= 15 is 0 Å². The minimum absolute atomic E-state index is 0.186. The average Bonchev–Trinajstić information content (AvgIpc) is 2.47. The number of imidazole rings is 1. The molecule has 0 fully saturated rings. The topological polar surface area (TPSA) is 101 Å². The molecule has 4 N–H and O–H groups in total. The lowest BCUT2D eigenvalue weighted by molar-refractivity contribution is 0.438. The second kappa shape index (κ2) is 3.13. The van der Waals surface area contributed by atoms with Gasteiger partial charge in [0.1, 0.15) is 11.3 Å². The molecule has 2 aromatic heterocycles. The predicted molar refractivity (Wildman–Crippen MR) is 51.8 cm³/mol. The van der Waals surface area contributed by atoms with Crippen molar-refractivity contribution in [1.29, 1.82) is 0 Å². The van der Waals surface area contributed by atoms with E-state index in [4.69, 9.17) is 10.8 Å². The van der Waals surface area contributed by atoms with E-state index in [0.717, 1.165) is 12.8 Å². The molecule has 0 saturated carbocycles. The van der Waals surface area contributed by atoms with Gasteiger partial charge in [-0.25, -0.2) is 9.97 Å². The summed E-state index contributed by atoms with van der Waals surface area (Å²) in [6.07, 6.45) is 1.70. The van der Waals surface area contributed by atoms with E-state index in [1.54, 1.807) is 0 Å². The number of anilines is 1. The van der Waals surface area contributed by atoms with Crippen LogP contribution in [-0.4, -0.2) is 25.0 Å². The molecule has 0 unspecified atom stereocenters. The number of fused-ring (bicyclic) bond motifs is 1. The Morgan fingerprint density at radius 1 is 1.36 bits per heavy atom. The summed E-state index contributed by atoms with van der Waals surface area (Å²) in [5.74, 6) is 0.982. The van der Waals surface area contributed by atoms with Crippen LogP contribution in [0.3, 0.4) is 0 Å². The van der Waals surface area contributed by atoms with Crippen LogP contribution in [0.15, 0.2) is 0 Å². The van der Waals surface area contributed by atoms with Gasteiger partial charge in [0.25, 0.3) is 6.01 Å². The molecule has 74 valence electrons. The van der Waals surface area contributed by atoms with Crippen molar-refractivity contribution in [2.75, 3.05) is 5.73 Å². The maximum atomic E-state index is 9.11. The van der Waals surface area contributed by atoms with Crippen LogP contribution in [0, 0.1) is 0 Å². The quantitative estimate of drug-likeness (QED) is 0.648. The summed E-state index contributed by atoms with van der Waals surface area (Å²) in [5.41, 5.74) is 6.57. The summed E-state index contributed by atoms with van der Waals surface area (Å²) >= 11 is 0. The largest absolute Gasteiger partial charge is 0.480 e. The first-order valence-corrected chi connectivity index (χ1v) is 4.41. The molecule has 0 amide bonds. The molecule has 6 heteroatoms. The van der Waals surface area contributed by atoms with Crippen LogP contribution < -0.4 is 5.73 Å². The number of aromatic hydroxyl groups is 1. The van der Waals surface area contributed by atoms with Crippen LogP contribution in [0.5, 0.6) is 6.01 Å². The Bertz CT molecular complexity index is 464. The molecule has 0 bridgehead atoms. The summed E-state index contributed by atoms with van der Waals surface area (Å²) in [6.45, 7) is 2.03. The molecule has 0 aromatic carbocycles. The van der Waals surface area contributed by atoms with Gasteiger partial charge in [-0.1, -0.05) is 6.92 Å². The molecule has 0 aliphatic heterocycles. The van der Waals surface area contributed by atoms with Crippen molar-refractivity contribution in [1.82, 2.24) is 19.9 Å². The van der Waals surface area contributed by atoms with Crippen molar-refractivity contribution in [2.24, 2.45) is 0 Å². The molecule has 14 heavy (non-hydrogen) atoms. The highest BCUT2D eigenvalue weighted by molar-refractivity contribution is 5.81. The number of hydrogen-bond donors (Lipinski definition) is 3. The van der Waals surface area contributed by atoms with Crippen LogP contribution in [-0.2, 0) is 6.42 Å². The zero-order valence-corrected chi connectivity index (χ0v) is 7.78. The lowest BCUT2D eigenvalue weighted by Crippen LogP contribution is -2.00. The first-order valence-electron chi connectivity index (χ1n) is 4.41. The summed E-state index contributed by atoms with van der Waals surface area (Å²) in [7, 11) is 0. The maximum Gasteiger partial charge on any atom is 0.293 e. The highest BCUT2D eigenvalue weighted by Crippen LogP contribution is 2.17. The van der Waals surface area contributed by atoms with Crippen molar-refractivity contribution in [3.05, 3.63) is 5.82 Å². The third kappa shape index (κ3) is 1.34. The van der Waals surface area contributed by atoms with E-state index in [-0.39, 0.29) is 6.01 Å². The van der Waals surface area contributed by atoms with Gasteiger partial charge >= 0.3 is 0 Å². The van der Waals surface area contributed by atoms with Gasteiger partial charge in [-0.15, -0.1) is 0 Å². The molecule has 0 spiro atoms. The molecule has 0 atom stereocenters. The predicted octanol–water partition coefficient (Wildman–Crippen LogP) is 0.593. The first kappa shape index (κ1) is 8.74. The van der Waals surface area contributed by atoms with Crippen molar-refractivity contribution in [2.45, 2.75) is 19.8 Å². The van der Waals surface area contributed by atoms with E-state index in [1.807, 2.05) is 6.92 Å². The zero-order chi connectivity index (χ0) is 10.1. The molecular formula is C8H11N5O. The monoisotopic (exact) mass is 193 g/mol. The molecule has 6 nitrogen and oxygen atoms in total. The Morgan fingerprint density at radius 2 is 2.14 bits per heavy atom. The van der Waals surface area contributed by atoms with E-state index in [1.165, 1.54) is 0 Å². The number of aromatic amines is 1. The molecule has 2 rings (SSSR count). The molecule has 0 saturated heterocycles. The molecule has 2 heterocycles. The minimum Gasteiger partial charge on any atom is -0.480 e. The summed E-state index contributed by atoms with van der Waals surface area (Å²) < 4.78 is 0. The van der Waals surface area contributed by atoms with Gasteiger partial charge in [0.15, 0.2) is 11.5 Å². The second-order valence-electron chi connectivity index (χ2n) is 3.03. The highest BCUT2D eigenvalue weighted by atomic mass is 16.3. The lowest BCUT2D eigenvalue weighted by Gasteiger charge is -1.98. The van der Waals surface area contributed by atoms with E-state index in [0.29, 0.717) is 22.8 Å². The van der Waals surface area contributed by atoms with Crippen LogP contribution in [0.2, 0.25) is 0 Å². The molecule has 0 aliphatic carbocycles.